The maximum Gasteiger partial charge on any atom is 0.289 e. The van der Waals surface area contributed by atoms with Crippen LogP contribution in [0.3, 0.4) is 0 Å². The third-order valence-electron chi connectivity index (χ3n) is 3.56. The van der Waals surface area contributed by atoms with Gasteiger partial charge in [-0.3, -0.25) is 9.59 Å². The summed E-state index contributed by atoms with van der Waals surface area (Å²) >= 11 is 3.13. The van der Waals surface area contributed by atoms with Crippen LogP contribution in [-0.2, 0) is 4.79 Å². The van der Waals surface area contributed by atoms with Crippen molar-refractivity contribution in [3.63, 3.8) is 0 Å². The van der Waals surface area contributed by atoms with Crippen molar-refractivity contribution in [2.75, 3.05) is 20.1 Å². The van der Waals surface area contributed by atoms with Gasteiger partial charge in [0, 0.05) is 19.1 Å². The molecule has 0 fully saturated rings. The van der Waals surface area contributed by atoms with Gasteiger partial charge in [0.25, 0.3) is 5.91 Å². The number of halogens is 1. The molecule has 0 atom stereocenters. The minimum absolute atomic E-state index is 0.0410. The lowest BCUT2D eigenvalue weighted by atomic mass is 9.94. The zero-order chi connectivity index (χ0) is 16.0. The number of hydrogen-bond acceptors (Lipinski definition) is 4. The SMILES string of the molecule is CCC(N)(CC)CNC(=O)CN(C)C(=O)c1ccc(Br)o1. The molecule has 0 aliphatic carbocycles. The quantitative estimate of drug-likeness (QED) is 0.775. The van der Waals surface area contributed by atoms with Gasteiger partial charge in [0.2, 0.25) is 5.91 Å². The number of likely N-dealkylation sites (N-methyl/N-ethyl adjacent to an activating group) is 1. The lowest BCUT2D eigenvalue weighted by Crippen LogP contribution is -2.51. The molecule has 0 saturated heterocycles. The summed E-state index contributed by atoms with van der Waals surface area (Å²) in [7, 11) is 1.55. The minimum atomic E-state index is -0.399. The van der Waals surface area contributed by atoms with E-state index in [4.69, 9.17) is 10.2 Å². The van der Waals surface area contributed by atoms with Gasteiger partial charge in [0.05, 0.1) is 6.54 Å². The number of carbonyl (C=O) groups excluding carboxylic acids is 2. The third kappa shape index (κ3) is 5.17. The second-order valence-electron chi connectivity index (χ2n) is 5.11. The molecule has 0 aliphatic rings. The first-order valence-corrected chi connectivity index (χ1v) is 7.67. The van der Waals surface area contributed by atoms with Crippen molar-refractivity contribution in [2.24, 2.45) is 5.73 Å². The van der Waals surface area contributed by atoms with Crippen LogP contribution in [0.4, 0.5) is 0 Å². The van der Waals surface area contributed by atoms with Crippen LogP contribution < -0.4 is 11.1 Å². The van der Waals surface area contributed by atoms with Gasteiger partial charge in [-0.2, -0.15) is 0 Å². The number of furan rings is 1. The molecule has 1 rings (SSSR count). The van der Waals surface area contributed by atoms with Gasteiger partial charge in [0.1, 0.15) is 0 Å². The molecule has 0 bridgehead atoms. The lowest BCUT2D eigenvalue weighted by Gasteiger charge is -2.27. The molecule has 1 aromatic rings. The molecule has 0 aromatic carbocycles. The zero-order valence-electron chi connectivity index (χ0n) is 12.6. The first kappa shape index (κ1) is 17.7. The standard InChI is InChI=1S/C14H22BrN3O3/c1-4-14(16,5-2)9-17-12(19)8-18(3)13(20)10-6-7-11(15)21-10/h6-7H,4-5,8-9,16H2,1-3H3,(H,17,19). The number of amides is 2. The number of rotatable bonds is 7. The highest BCUT2D eigenvalue weighted by Gasteiger charge is 2.22. The van der Waals surface area contributed by atoms with Crippen LogP contribution in [0, 0.1) is 0 Å². The number of carbonyl (C=O) groups is 2. The molecule has 2 amide bonds. The van der Waals surface area contributed by atoms with Crippen LogP contribution in [0.15, 0.2) is 21.2 Å². The molecule has 0 unspecified atom stereocenters. The Hall–Kier alpha value is -1.34. The molecule has 21 heavy (non-hydrogen) atoms. The fourth-order valence-electron chi connectivity index (χ4n) is 1.74. The smallest absolute Gasteiger partial charge is 0.289 e. The van der Waals surface area contributed by atoms with E-state index in [2.05, 4.69) is 21.2 Å². The van der Waals surface area contributed by atoms with Gasteiger partial charge in [0.15, 0.2) is 10.4 Å². The molecule has 1 aromatic heterocycles. The zero-order valence-corrected chi connectivity index (χ0v) is 14.2. The maximum absolute atomic E-state index is 12.0. The summed E-state index contributed by atoms with van der Waals surface area (Å²) in [5, 5.41) is 2.77. The van der Waals surface area contributed by atoms with Crippen LogP contribution in [0.5, 0.6) is 0 Å². The second kappa shape index (κ2) is 7.61. The molecule has 1 heterocycles. The average Bonchev–Trinajstić information content (AvgIpc) is 2.90. The summed E-state index contributed by atoms with van der Waals surface area (Å²) in [5.41, 5.74) is 5.72. The Morgan fingerprint density at radius 2 is 2.00 bits per heavy atom. The molecular weight excluding hydrogens is 338 g/mol. The fraction of sp³-hybridized carbons (Fsp3) is 0.571. The molecule has 3 N–H and O–H groups in total. The van der Waals surface area contributed by atoms with E-state index in [9.17, 15) is 9.59 Å². The molecule has 0 aliphatic heterocycles. The summed E-state index contributed by atoms with van der Waals surface area (Å²) in [4.78, 5) is 25.2. The summed E-state index contributed by atoms with van der Waals surface area (Å²) < 4.78 is 5.65. The van der Waals surface area contributed by atoms with Gasteiger partial charge in [-0.05, 0) is 40.9 Å². The Morgan fingerprint density at radius 3 is 2.48 bits per heavy atom. The summed E-state index contributed by atoms with van der Waals surface area (Å²) in [6.45, 7) is 4.33. The van der Waals surface area contributed by atoms with Crippen LogP contribution in [0.25, 0.3) is 0 Å². The van der Waals surface area contributed by atoms with E-state index in [-0.39, 0.29) is 24.1 Å². The van der Waals surface area contributed by atoms with Crippen molar-refractivity contribution >= 4 is 27.7 Å². The molecule has 0 saturated carbocycles. The van der Waals surface area contributed by atoms with E-state index in [1.165, 1.54) is 4.90 Å². The van der Waals surface area contributed by atoms with Gasteiger partial charge >= 0.3 is 0 Å². The second-order valence-corrected chi connectivity index (χ2v) is 5.89. The van der Waals surface area contributed by atoms with Crippen LogP contribution in [0.2, 0.25) is 0 Å². The Balaban J connectivity index is 2.49. The Labute approximate surface area is 133 Å². The predicted molar refractivity (Wildman–Crippen MR) is 83.9 cm³/mol. The highest BCUT2D eigenvalue weighted by atomic mass is 79.9. The first-order chi connectivity index (χ1) is 9.81. The predicted octanol–water partition coefficient (Wildman–Crippen LogP) is 1.75. The van der Waals surface area contributed by atoms with E-state index in [1.54, 1.807) is 19.2 Å². The van der Waals surface area contributed by atoms with Crippen molar-refractivity contribution in [1.29, 1.82) is 0 Å². The monoisotopic (exact) mass is 359 g/mol. The topological polar surface area (TPSA) is 88.6 Å². The van der Waals surface area contributed by atoms with Crippen LogP contribution in [0.1, 0.15) is 37.2 Å². The molecule has 0 spiro atoms. The van der Waals surface area contributed by atoms with Gasteiger partial charge < -0.3 is 20.4 Å². The summed E-state index contributed by atoms with van der Waals surface area (Å²) in [6, 6.07) is 3.19. The first-order valence-electron chi connectivity index (χ1n) is 6.87. The van der Waals surface area contributed by atoms with Crippen molar-refractivity contribution in [3.8, 4) is 0 Å². The molecule has 7 heteroatoms. The van der Waals surface area contributed by atoms with Crippen LogP contribution in [-0.4, -0.2) is 42.4 Å². The van der Waals surface area contributed by atoms with Crippen molar-refractivity contribution < 1.29 is 14.0 Å². The van der Waals surface area contributed by atoms with E-state index < -0.39 is 5.54 Å². The maximum atomic E-state index is 12.0. The van der Waals surface area contributed by atoms with E-state index in [0.717, 1.165) is 12.8 Å². The van der Waals surface area contributed by atoms with E-state index in [1.807, 2.05) is 13.8 Å². The Morgan fingerprint density at radius 1 is 1.38 bits per heavy atom. The fourth-order valence-corrected chi connectivity index (χ4v) is 2.04. The molecule has 118 valence electrons. The summed E-state index contributed by atoms with van der Waals surface area (Å²) in [6.07, 6.45) is 1.55. The largest absolute Gasteiger partial charge is 0.444 e. The number of hydrogen-bond donors (Lipinski definition) is 2. The number of nitrogens with two attached hydrogens (primary N) is 1. The van der Waals surface area contributed by atoms with Crippen molar-refractivity contribution in [1.82, 2.24) is 10.2 Å². The third-order valence-corrected chi connectivity index (χ3v) is 3.98. The van der Waals surface area contributed by atoms with E-state index >= 15 is 0 Å². The van der Waals surface area contributed by atoms with Crippen molar-refractivity contribution in [2.45, 2.75) is 32.2 Å². The minimum Gasteiger partial charge on any atom is -0.444 e. The van der Waals surface area contributed by atoms with Crippen LogP contribution >= 0.6 is 15.9 Å². The van der Waals surface area contributed by atoms with E-state index in [0.29, 0.717) is 11.2 Å². The van der Waals surface area contributed by atoms with Gasteiger partial charge in [-0.15, -0.1) is 0 Å². The highest BCUT2D eigenvalue weighted by molar-refractivity contribution is 9.10. The van der Waals surface area contributed by atoms with Crippen molar-refractivity contribution in [3.05, 3.63) is 22.6 Å². The number of nitrogens with zero attached hydrogens (tertiary/aromatic N) is 1. The Bertz CT molecular complexity index is 497. The molecule has 6 nitrogen and oxygen atoms in total. The lowest BCUT2D eigenvalue weighted by molar-refractivity contribution is -0.121. The summed E-state index contributed by atoms with van der Waals surface area (Å²) in [5.74, 6) is -0.401. The highest BCUT2D eigenvalue weighted by Crippen LogP contribution is 2.15. The van der Waals surface area contributed by atoms with Gasteiger partial charge in [-0.1, -0.05) is 13.8 Å². The number of nitrogens with one attached hydrogen (secondary N) is 1. The molecular formula is C14H22BrN3O3. The normalized spacial score (nSPS) is 11.3. The Kier molecular flexibility index (Phi) is 6.42. The van der Waals surface area contributed by atoms with Gasteiger partial charge in [-0.25, -0.2) is 0 Å². The average molecular weight is 360 g/mol. The molecule has 0 radical (unpaired) electrons.